The normalized spacial score (nSPS) is 23.0. The lowest BCUT2D eigenvalue weighted by atomic mass is 9.93. The van der Waals surface area contributed by atoms with Crippen LogP contribution in [0.2, 0.25) is 0 Å². The van der Waals surface area contributed by atoms with E-state index in [4.69, 9.17) is 4.42 Å². The predicted octanol–water partition coefficient (Wildman–Crippen LogP) is 4.05. The number of amides is 1. The van der Waals surface area contributed by atoms with Crippen molar-refractivity contribution in [1.82, 2.24) is 14.9 Å². The molecule has 8 nitrogen and oxygen atoms in total. The Balaban J connectivity index is 1.62. The number of benzene rings is 1. The van der Waals surface area contributed by atoms with Crippen molar-refractivity contribution in [2.75, 3.05) is 18.0 Å². The van der Waals surface area contributed by atoms with Gasteiger partial charge in [-0.25, -0.2) is 9.78 Å². The number of piperazine rings is 1. The molecule has 12 heteroatoms. The number of hydrogen-bond acceptors (Lipinski definition) is 7. The van der Waals surface area contributed by atoms with E-state index in [1.165, 1.54) is 28.4 Å². The number of oxazole rings is 1. The summed E-state index contributed by atoms with van der Waals surface area (Å²) in [6, 6.07) is 2.27. The van der Waals surface area contributed by atoms with E-state index in [0.29, 0.717) is 43.4 Å². The van der Waals surface area contributed by atoms with E-state index in [-0.39, 0.29) is 29.2 Å². The van der Waals surface area contributed by atoms with Crippen molar-refractivity contribution in [2.24, 2.45) is 0 Å². The molecule has 170 valence electrons. The number of nitrogens with zero attached hydrogens (tertiary/aromatic N) is 4. The molecule has 2 aromatic heterocycles. The van der Waals surface area contributed by atoms with E-state index in [1.54, 1.807) is 16.5 Å². The molecule has 2 bridgehead atoms. The highest BCUT2D eigenvalue weighted by Crippen LogP contribution is 2.44. The number of thiazole rings is 1. The van der Waals surface area contributed by atoms with E-state index in [1.807, 2.05) is 0 Å². The van der Waals surface area contributed by atoms with Crippen LogP contribution in [0.15, 0.2) is 28.1 Å². The van der Waals surface area contributed by atoms with Crippen LogP contribution in [0.4, 0.5) is 24.0 Å². The van der Waals surface area contributed by atoms with Gasteiger partial charge in [0, 0.05) is 30.2 Å². The van der Waals surface area contributed by atoms with Crippen LogP contribution >= 0.6 is 11.3 Å². The molecule has 2 aliphatic rings. The molecule has 5 rings (SSSR count). The van der Waals surface area contributed by atoms with Crippen molar-refractivity contribution in [1.29, 1.82) is 0 Å². The summed E-state index contributed by atoms with van der Waals surface area (Å²) in [5, 5.41) is 22.1. The lowest BCUT2D eigenvalue weighted by Crippen LogP contribution is -2.55. The molecule has 2 fully saturated rings. The van der Waals surface area contributed by atoms with Crippen molar-refractivity contribution in [3.8, 4) is 10.6 Å². The first-order valence-corrected chi connectivity index (χ1v) is 10.8. The Labute approximate surface area is 183 Å². The third kappa shape index (κ3) is 3.12. The second-order valence-electron chi connectivity index (χ2n) is 8.22. The smallest absolute Gasteiger partial charge is 0.421 e. The van der Waals surface area contributed by atoms with Gasteiger partial charge < -0.3 is 19.5 Å². The van der Waals surface area contributed by atoms with Crippen molar-refractivity contribution in [3.05, 3.63) is 29.3 Å². The van der Waals surface area contributed by atoms with Crippen molar-refractivity contribution >= 4 is 34.5 Å². The first-order chi connectivity index (χ1) is 15.1. The Kier molecular flexibility index (Phi) is 4.64. The quantitative estimate of drug-likeness (QED) is 0.598. The van der Waals surface area contributed by atoms with Gasteiger partial charge in [0.2, 0.25) is 0 Å². The third-order valence-electron chi connectivity index (χ3n) is 6.25. The molecule has 0 aliphatic carbocycles. The Hall–Kier alpha value is -2.86. The maximum Gasteiger partial charge on any atom is 0.421 e. The Morgan fingerprint density at radius 3 is 2.50 bits per heavy atom. The van der Waals surface area contributed by atoms with Gasteiger partial charge in [0.05, 0.1) is 17.6 Å². The van der Waals surface area contributed by atoms with E-state index in [0.717, 1.165) is 0 Å². The van der Waals surface area contributed by atoms with Crippen LogP contribution in [-0.2, 0) is 5.60 Å². The largest absolute Gasteiger partial charge is 0.465 e. The zero-order valence-corrected chi connectivity index (χ0v) is 17.7. The third-order valence-corrected chi connectivity index (χ3v) is 7.05. The minimum atomic E-state index is -4.92. The summed E-state index contributed by atoms with van der Waals surface area (Å²) in [6.07, 6.45) is -2.93. The van der Waals surface area contributed by atoms with Crippen LogP contribution in [0.3, 0.4) is 0 Å². The molecular formula is C20H19F3N4O4S. The fourth-order valence-corrected chi connectivity index (χ4v) is 5.23. The molecule has 1 amide bonds. The maximum absolute atomic E-state index is 13.6. The van der Waals surface area contributed by atoms with Gasteiger partial charge >= 0.3 is 12.3 Å². The van der Waals surface area contributed by atoms with E-state index >= 15 is 0 Å². The Bertz CT molecular complexity index is 1160. The molecule has 32 heavy (non-hydrogen) atoms. The highest BCUT2D eigenvalue weighted by Gasteiger charge is 2.53. The average Bonchev–Trinajstić information content (AvgIpc) is 3.44. The molecule has 3 unspecified atom stereocenters. The van der Waals surface area contributed by atoms with Crippen LogP contribution in [0.25, 0.3) is 21.7 Å². The lowest BCUT2D eigenvalue weighted by Gasteiger charge is -2.38. The number of fused-ring (bicyclic) bond motifs is 3. The number of carboxylic acid groups (broad SMARTS) is 1. The summed E-state index contributed by atoms with van der Waals surface area (Å²) in [7, 11) is 0. The number of rotatable bonds is 3. The van der Waals surface area contributed by atoms with Crippen LogP contribution in [-0.4, -0.2) is 62.5 Å². The summed E-state index contributed by atoms with van der Waals surface area (Å²) in [4.78, 5) is 23.3. The number of hydrogen-bond donors (Lipinski definition) is 2. The SMILES string of the molecule is CC(O)(c1ccc(-c2nccs2)c2oc(N3CC4CCC(C3)N4C(=O)O)nc12)C(F)(F)F. The van der Waals surface area contributed by atoms with Gasteiger partial charge in [-0.05, 0) is 25.8 Å². The number of aromatic nitrogens is 2. The maximum atomic E-state index is 13.6. The number of carbonyl (C=O) groups is 1. The van der Waals surface area contributed by atoms with E-state index < -0.39 is 23.4 Å². The van der Waals surface area contributed by atoms with E-state index in [9.17, 15) is 28.2 Å². The standard InChI is InChI=1S/C20H19F3N4O4S/c1-19(30,20(21,22)23)13-5-4-12(16-24-6-7-32-16)15-14(13)25-17(31-15)26-8-10-2-3-11(9-26)27(10)18(28)29/h4-7,10-11,30H,2-3,8-9H2,1H3,(H,28,29). The molecule has 0 saturated carbocycles. The van der Waals surface area contributed by atoms with Crippen LogP contribution < -0.4 is 4.90 Å². The molecule has 0 radical (unpaired) electrons. The Morgan fingerprint density at radius 2 is 1.94 bits per heavy atom. The van der Waals surface area contributed by atoms with Gasteiger partial charge in [0.25, 0.3) is 6.01 Å². The number of alkyl halides is 3. The molecule has 1 aromatic carbocycles. The molecule has 2 saturated heterocycles. The van der Waals surface area contributed by atoms with Crippen LogP contribution in [0.1, 0.15) is 25.3 Å². The van der Waals surface area contributed by atoms with Gasteiger partial charge in [-0.1, -0.05) is 6.07 Å². The van der Waals surface area contributed by atoms with Crippen molar-refractivity contribution < 1.29 is 32.6 Å². The first kappa shape index (κ1) is 21.0. The van der Waals surface area contributed by atoms with Crippen molar-refractivity contribution in [2.45, 2.75) is 43.6 Å². The summed E-state index contributed by atoms with van der Waals surface area (Å²) in [5.41, 5.74) is -3.07. The predicted molar refractivity (Wildman–Crippen MR) is 110 cm³/mol. The summed E-state index contributed by atoms with van der Waals surface area (Å²) < 4.78 is 46.8. The fraction of sp³-hybridized carbons (Fsp3) is 0.450. The van der Waals surface area contributed by atoms with Gasteiger partial charge in [0.1, 0.15) is 10.5 Å². The highest BCUT2D eigenvalue weighted by atomic mass is 32.1. The lowest BCUT2D eigenvalue weighted by molar-refractivity contribution is -0.258. The minimum absolute atomic E-state index is 0.0944. The second-order valence-corrected chi connectivity index (χ2v) is 9.12. The summed E-state index contributed by atoms with van der Waals surface area (Å²) in [5.74, 6) is 0. The summed E-state index contributed by atoms with van der Waals surface area (Å²) >= 11 is 1.30. The van der Waals surface area contributed by atoms with Crippen molar-refractivity contribution in [3.63, 3.8) is 0 Å². The first-order valence-electron chi connectivity index (χ1n) is 9.97. The van der Waals surface area contributed by atoms with E-state index in [2.05, 4.69) is 9.97 Å². The molecule has 3 atom stereocenters. The highest BCUT2D eigenvalue weighted by molar-refractivity contribution is 7.13. The van der Waals surface area contributed by atoms with Gasteiger partial charge in [-0.15, -0.1) is 11.3 Å². The van der Waals surface area contributed by atoms with Crippen LogP contribution in [0, 0.1) is 0 Å². The molecule has 4 heterocycles. The number of anilines is 1. The summed E-state index contributed by atoms with van der Waals surface area (Å²) in [6.45, 7) is 1.34. The zero-order valence-electron chi connectivity index (χ0n) is 16.8. The Morgan fingerprint density at radius 1 is 1.25 bits per heavy atom. The number of aliphatic hydroxyl groups is 1. The van der Waals surface area contributed by atoms with Gasteiger partial charge in [-0.2, -0.15) is 18.2 Å². The fourth-order valence-electron chi connectivity index (χ4n) is 4.57. The van der Waals surface area contributed by atoms with Gasteiger partial charge in [-0.3, -0.25) is 4.90 Å². The molecule has 0 spiro atoms. The molecule has 3 aromatic rings. The zero-order chi connectivity index (χ0) is 22.8. The number of halogens is 3. The van der Waals surface area contributed by atoms with Gasteiger partial charge in [0.15, 0.2) is 11.2 Å². The monoisotopic (exact) mass is 468 g/mol. The van der Waals surface area contributed by atoms with Crippen LogP contribution in [0.5, 0.6) is 0 Å². The molecular weight excluding hydrogens is 449 g/mol. The molecule has 2 N–H and O–H groups in total. The average molecular weight is 468 g/mol. The topological polar surface area (TPSA) is 103 Å². The second kappa shape index (κ2) is 7.07. The molecule has 2 aliphatic heterocycles. The minimum Gasteiger partial charge on any atom is -0.465 e.